The van der Waals surface area contributed by atoms with E-state index in [1.807, 2.05) is 0 Å². The number of imide groups is 1. The minimum atomic E-state index is -0.893. The second-order valence-electron chi connectivity index (χ2n) is 6.41. The lowest BCUT2D eigenvalue weighted by Gasteiger charge is -2.13. The van der Waals surface area contributed by atoms with E-state index in [1.54, 1.807) is 30.3 Å². The van der Waals surface area contributed by atoms with Crippen LogP contribution < -0.4 is 5.32 Å². The number of benzene rings is 2. The molecule has 0 spiro atoms. The van der Waals surface area contributed by atoms with E-state index in [9.17, 15) is 24.0 Å². The maximum absolute atomic E-state index is 12.5. The van der Waals surface area contributed by atoms with E-state index in [0.717, 1.165) is 16.7 Å². The van der Waals surface area contributed by atoms with Gasteiger partial charge in [0.15, 0.2) is 5.78 Å². The molecule has 3 rings (SSSR count). The SMILES string of the molecule is COC(=O)c1ccc(NC(=O)CC2SC(=O)N(CC(=O)c3ccccc3)C2=O)cc1. The lowest BCUT2D eigenvalue weighted by molar-refractivity contribution is -0.128. The Morgan fingerprint density at radius 3 is 2.30 bits per heavy atom. The van der Waals surface area contributed by atoms with Crippen LogP contribution in [0.25, 0.3) is 0 Å². The van der Waals surface area contributed by atoms with Gasteiger partial charge in [-0.25, -0.2) is 4.79 Å². The Morgan fingerprint density at radius 2 is 1.67 bits per heavy atom. The van der Waals surface area contributed by atoms with Crippen LogP contribution in [0.15, 0.2) is 54.6 Å². The fraction of sp³-hybridized carbons (Fsp3) is 0.190. The molecule has 1 saturated heterocycles. The average Bonchev–Trinajstić information content (AvgIpc) is 3.01. The van der Waals surface area contributed by atoms with Crippen LogP contribution in [-0.2, 0) is 14.3 Å². The number of rotatable bonds is 7. The van der Waals surface area contributed by atoms with Crippen LogP contribution in [0.1, 0.15) is 27.1 Å². The molecule has 8 nitrogen and oxygen atoms in total. The normalized spacial score (nSPS) is 15.8. The number of anilines is 1. The number of methoxy groups -OCH3 is 1. The van der Waals surface area contributed by atoms with E-state index in [1.165, 1.54) is 31.4 Å². The van der Waals surface area contributed by atoms with E-state index in [0.29, 0.717) is 16.8 Å². The topological polar surface area (TPSA) is 110 Å². The van der Waals surface area contributed by atoms with Gasteiger partial charge in [-0.2, -0.15) is 0 Å². The second kappa shape index (κ2) is 9.36. The highest BCUT2D eigenvalue weighted by atomic mass is 32.2. The quantitative estimate of drug-likeness (QED) is 0.535. The molecule has 0 bridgehead atoms. The highest BCUT2D eigenvalue weighted by molar-refractivity contribution is 8.15. The van der Waals surface area contributed by atoms with Crippen molar-refractivity contribution in [2.75, 3.05) is 19.0 Å². The molecular formula is C21H18N2O6S. The summed E-state index contributed by atoms with van der Waals surface area (Å²) >= 11 is 0.730. The van der Waals surface area contributed by atoms with E-state index in [4.69, 9.17) is 0 Å². The fourth-order valence-electron chi connectivity index (χ4n) is 2.82. The van der Waals surface area contributed by atoms with Crippen molar-refractivity contribution in [2.45, 2.75) is 11.7 Å². The number of nitrogens with one attached hydrogen (secondary N) is 1. The largest absolute Gasteiger partial charge is 0.465 e. The molecule has 1 atom stereocenters. The minimum absolute atomic E-state index is 0.218. The first-order valence-electron chi connectivity index (χ1n) is 8.97. The molecule has 0 radical (unpaired) electrons. The number of hydrogen-bond acceptors (Lipinski definition) is 7. The molecule has 0 saturated carbocycles. The van der Waals surface area contributed by atoms with Crippen LogP contribution >= 0.6 is 11.8 Å². The van der Waals surface area contributed by atoms with E-state index in [-0.39, 0.29) is 18.7 Å². The number of carbonyl (C=O) groups excluding carboxylic acids is 5. The van der Waals surface area contributed by atoms with Crippen molar-refractivity contribution in [1.29, 1.82) is 0 Å². The number of nitrogens with zero attached hydrogens (tertiary/aromatic N) is 1. The summed E-state index contributed by atoms with van der Waals surface area (Å²) in [4.78, 5) is 61.6. The monoisotopic (exact) mass is 426 g/mol. The standard InChI is InChI=1S/C21H18N2O6S/c1-29-20(27)14-7-9-15(10-8-14)22-18(25)11-17-19(26)23(21(28)30-17)12-16(24)13-5-3-2-4-6-13/h2-10,17H,11-12H2,1H3,(H,22,25). The first-order chi connectivity index (χ1) is 14.4. The summed E-state index contributed by atoms with van der Waals surface area (Å²) in [6, 6.07) is 14.4. The fourth-order valence-corrected chi connectivity index (χ4v) is 3.81. The molecule has 1 unspecified atom stereocenters. The summed E-state index contributed by atoms with van der Waals surface area (Å²) in [6.07, 6.45) is -0.218. The van der Waals surface area contributed by atoms with Gasteiger partial charge in [-0.1, -0.05) is 42.1 Å². The molecule has 0 aromatic heterocycles. The van der Waals surface area contributed by atoms with Gasteiger partial charge in [0.2, 0.25) is 11.8 Å². The lowest BCUT2D eigenvalue weighted by Crippen LogP contribution is -2.36. The Morgan fingerprint density at radius 1 is 1.00 bits per heavy atom. The summed E-state index contributed by atoms with van der Waals surface area (Å²) in [5.41, 5.74) is 1.17. The molecular weight excluding hydrogens is 408 g/mol. The maximum atomic E-state index is 12.5. The van der Waals surface area contributed by atoms with Gasteiger partial charge in [0.1, 0.15) is 5.25 Å². The molecule has 1 heterocycles. The van der Waals surface area contributed by atoms with Gasteiger partial charge in [-0.3, -0.25) is 24.1 Å². The summed E-state index contributed by atoms with van der Waals surface area (Å²) in [7, 11) is 1.27. The molecule has 1 aliphatic heterocycles. The average molecular weight is 426 g/mol. The molecule has 3 amide bonds. The van der Waals surface area contributed by atoms with Crippen molar-refractivity contribution in [2.24, 2.45) is 0 Å². The van der Waals surface area contributed by atoms with E-state index >= 15 is 0 Å². The van der Waals surface area contributed by atoms with Gasteiger partial charge >= 0.3 is 5.97 Å². The third-order valence-electron chi connectivity index (χ3n) is 4.36. The highest BCUT2D eigenvalue weighted by Gasteiger charge is 2.41. The van der Waals surface area contributed by atoms with Crippen LogP contribution in [0.4, 0.5) is 10.5 Å². The van der Waals surface area contributed by atoms with Crippen LogP contribution in [0, 0.1) is 0 Å². The van der Waals surface area contributed by atoms with Crippen molar-refractivity contribution >= 4 is 46.3 Å². The van der Waals surface area contributed by atoms with Gasteiger partial charge in [0.25, 0.3) is 5.24 Å². The first kappa shape index (κ1) is 21.3. The number of ether oxygens (including phenoxy) is 1. The number of Topliss-reactive ketones (excluding diaryl/α,β-unsaturated/α-hetero) is 1. The third-order valence-corrected chi connectivity index (χ3v) is 5.44. The molecule has 154 valence electrons. The van der Waals surface area contributed by atoms with Crippen LogP contribution in [-0.4, -0.2) is 52.6 Å². The summed E-state index contributed by atoms with van der Waals surface area (Å²) in [5.74, 6) is -1.88. The molecule has 0 aliphatic carbocycles. The van der Waals surface area contributed by atoms with Gasteiger partial charge < -0.3 is 10.1 Å². The number of esters is 1. The van der Waals surface area contributed by atoms with Gasteiger partial charge in [-0.05, 0) is 24.3 Å². The zero-order valence-corrected chi connectivity index (χ0v) is 16.8. The number of carbonyl (C=O) groups is 5. The first-order valence-corrected chi connectivity index (χ1v) is 9.85. The summed E-state index contributed by atoms with van der Waals surface area (Å²) in [5, 5.41) is 1.17. The van der Waals surface area contributed by atoms with Crippen LogP contribution in [0.2, 0.25) is 0 Å². The predicted molar refractivity (Wildman–Crippen MR) is 110 cm³/mol. The molecule has 2 aromatic rings. The van der Waals surface area contributed by atoms with Crippen molar-refractivity contribution in [3.63, 3.8) is 0 Å². The molecule has 1 fully saturated rings. The summed E-state index contributed by atoms with van der Waals surface area (Å²) < 4.78 is 4.61. The van der Waals surface area contributed by atoms with Crippen LogP contribution in [0.5, 0.6) is 0 Å². The zero-order chi connectivity index (χ0) is 21.7. The minimum Gasteiger partial charge on any atom is -0.465 e. The Kier molecular flexibility index (Phi) is 6.63. The summed E-state index contributed by atoms with van der Waals surface area (Å²) in [6.45, 7) is -0.359. The van der Waals surface area contributed by atoms with Crippen molar-refractivity contribution < 1.29 is 28.7 Å². The second-order valence-corrected chi connectivity index (χ2v) is 7.56. The van der Waals surface area contributed by atoms with E-state index in [2.05, 4.69) is 10.1 Å². The lowest BCUT2D eigenvalue weighted by atomic mass is 10.1. The van der Waals surface area contributed by atoms with Crippen molar-refractivity contribution in [3.05, 3.63) is 65.7 Å². The van der Waals surface area contributed by atoms with E-state index < -0.39 is 28.3 Å². The Labute approximate surface area is 176 Å². The van der Waals surface area contributed by atoms with Gasteiger partial charge in [0.05, 0.1) is 19.2 Å². The molecule has 2 aromatic carbocycles. The molecule has 30 heavy (non-hydrogen) atoms. The Bertz CT molecular complexity index is 990. The van der Waals surface area contributed by atoms with Gasteiger partial charge in [0, 0.05) is 17.7 Å². The van der Waals surface area contributed by atoms with Crippen LogP contribution in [0.3, 0.4) is 0 Å². The van der Waals surface area contributed by atoms with Crippen molar-refractivity contribution in [3.8, 4) is 0 Å². The number of thioether (sulfide) groups is 1. The number of hydrogen-bond donors (Lipinski definition) is 1. The van der Waals surface area contributed by atoms with Gasteiger partial charge in [-0.15, -0.1) is 0 Å². The number of ketones is 1. The number of amides is 3. The van der Waals surface area contributed by atoms with Crippen molar-refractivity contribution in [1.82, 2.24) is 4.90 Å². The highest BCUT2D eigenvalue weighted by Crippen LogP contribution is 2.29. The molecule has 1 aliphatic rings. The molecule has 1 N–H and O–H groups in total. The third kappa shape index (κ3) is 4.93. The smallest absolute Gasteiger partial charge is 0.337 e. The zero-order valence-electron chi connectivity index (χ0n) is 16.0. The predicted octanol–water partition coefficient (Wildman–Crippen LogP) is 2.75. The Hall–Kier alpha value is -3.46. The Balaban J connectivity index is 1.57. The maximum Gasteiger partial charge on any atom is 0.337 e. The molecule has 9 heteroatoms.